The van der Waals surface area contributed by atoms with Crippen LogP contribution in [0, 0.1) is 0 Å². The molecule has 0 unspecified atom stereocenters. The molecule has 0 fully saturated rings. The third-order valence-electron chi connectivity index (χ3n) is 3.11. The summed E-state index contributed by atoms with van der Waals surface area (Å²) >= 11 is 5.94. The average Bonchev–Trinajstić information content (AvgIpc) is 2.52. The Morgan fingerprint density at radius 2 is 2.00 bits per heavy atom. The van der Waals surface area contributed by atoms with Crippen LogP contribution in [0.3, 0.4) is 0 Å². The van der Waals surface area contributed by atoms with Gasteiger partial charge in [0.1, 0.15) is 11.5 Å². The van der Waals surface area contributed by atoms with Gasteiger partial charge in [0.15, 0.2) is 5.75 Å². The smallest absolute Gasteiger partial charge is 0.160 e. The minimum Gasteiger partial charge on any atom is -0.490 e. The summed E-state index contributed by atoms with van der Waals surface area (Å²) in [6, 6.07) is 4.04. The third kappa shape index (κ3) is 4.67. The molecule has 112 valence electrons. The predicted octanol–water partition coefficient (Wildman–Crippen LogP) is 3.75. The average molecular weight is 306 g/mol. The van der Waals surface area contributed by atoms with E-state index in [-0.39, 0.29) is 5.92 Å². The number of aryl methyl sites for hydroxylation is 1. The molecule has 2 heterocycles. The minimum atomic E-state index is 0.285. The first kappa shape index (κ1) is 15.7. The Morgan fingerprint density at radius 1 is 1.24 bits per heavy atom. The zero-order valence-corrected chi connectivity index (χ0v) is 13.2. The van der Waals surface area contributed by atoms with Crippen molar-refractivity contribution >= 4 is 11.6 Å². The normalized spacial score (nSPS) is 10.9. The molecule has 0 saturated heterocycles. The number of aromatic nitrogens is 3. The summed E-state index contributed by atoms with van der Waals surface area (Å²) in [5.41, 5.74) is 2.02. The Bertz CT molecular complexity index is 561. The fourth-order valence-corrected chi connectivity index (χ4v) is 2.12. The van der Waals surface area contributed by atoms with E-state index < -0.39 is 0 Å². The summed E-state index contributed by atoms with van der Waals surface area (Å²) in [6.07, 6.45) is 7.23. The molecular formula is C16H20ClN3O. The van der Waals surface area contributed by atoms with E-state index in [1.165, 1.54) is 5.56 Å². The molecule has 5 heteroatoms. The van der Waals surface area contributed by atoms with Crippen molar-refractivity contribution in [2.24, 2.45) is 0 Å². The molecule has 0 N–H and O–H groups in total. The first-order valence-electron chi connectivity index (χ1n) is 7.14. The van der Waals surface area contributed by atoms with Crippen LogP contribution in [0.2, 0.25) is 0 Å². The van der Waals surface area contributed by atoms with E-state index in [2.05, 4.69) is 28.8 Å². The fraction of sp³-hybridized carbons (Fsp3) is 0.438. The number of halogens is 1. The van der Waals surface area contributed by atoms with Gasteiger partial charge in [-0.05, 0) is 30.5 Å². The molecule has 0 aliphatic rings. The lowest BCUT2D eigenvalue weighted by Crippen LogP contribution is -2.06. The molecule has 2 aromatic rings. The van der Waals surface area contributed by atoms with Gasteiger partial charge in [0, 0.05) is 18.3 Å². The van der Waals surface area contributed by atoms with E-state index in [9.17, 15) is 0 Å². The second-order valence-corrected chi connectivity index (χ2v) is 5.40. The molecule has 0 atom stereocenters. The lowest BCUT2D eigenvalue weighted by Gasteiger charge is -2.11. The number of nitrogens with zero attached hydrogens (tertiary/aromatic N) is 3. The van der Waals surface area contributed by atoms with Gasteiger partial charge in [0.2, 0.25) is 0 Å². The number of hydrogen-bond donors (Lipinski definition) is 0. The van der Waals surface area contributed by atoms with Crippen molar-refractivity contribution in [2.75, 3.05) is 6.61 Å². The number of alkyl halides is 1. The van der Waals surface area contributed by atoms with Crippen LogP contribution in [0.1, 0.15) is 43.3 Å². The van der Waals surface area contributed by atoms with Crippen molar-refractivity contribution in [3.63, 3.8) is 0 Å². The zero-order valence-electron chi connectivity index (χ0n) is 12.4. The lowest BCUT2D eigenvalue weighted by molar-refractivity contribution is 0.305. The molecule has 0 saturated carbocycles. The Labute approximate surface area is 130 Å². The van der Waals surface area contributed by atoms with Crippen molar-refractivity contribution in [1.82, 2.24) is 15.0 Å². The minimum absolute atomic E-state index is 0.285. The van der Waals surface area contributed by atoms with Crippen LogP contribution in [0.5, 0.6) is 5.75 Å². The van der Waals surface area contributed by atoms with Gasteiger partial charge in [0.25, 0.3) is 0 Å². The second-order valence-electron chi connectivity index (χ2n) is 5.13. The highest BCUT2D eigenvalue weighted by Crippen LogP contribution is 2.20. The molecule has 0 aromatic carbocycles. The van der Waals surface area contributed by atoms with Gasteiger partial charge in [-0.25, -0.2) is 9.97 Å². The second kappa shape index (κ2) is 7.93. The van der Waals surface area contributed by atoms with Crippen molar-refractivity contribution < 1.29 is 4.74 Å². The maximum atomic E-state index is 5.94. The van der Waals surface area contributed by atoms with Gasteiger partial charge in [-0.1, -0.05) is 13.8 Å². The summed E-state index contributed by atoms with van der Waals surface area (Å²) in [5.74, 6) is 2.11. The van der Waals surface area contributed by atoms with Crippen LogP contribution >= 0.6 is 11.6 Å². The first-order valence-corrected chi connectivity index (χ1v) is 7.67. The summed E-state index contributed by atoms with van der Waals surface area (Å²) in [4.78, 5) is 12.8. The Hall–Kier alpha value is -1.68. The maximum Gasteiger partial charge on any atom is 0.160 e. The number of ether oxygens (including phenoxy) is 1. The zero-order chi connectivity index (χ0) is 15.1. The fourth-order valence-electron chi connectivity index (χ4n) is 1.92. The van der Waals surface area contributed by atoms with Gasteiger partial charge >= 0.3 is 0 Å². The van der Waals surface area contributed by atoms with Crippen LogP contribution in [-0.2, 0) is 12.3 Å². The summed E-state index contributed by atoms with van der Waals surface area (Å²) in [7, 11) is 0. The van der Waals surface area contributed by atoms with Crippen LogP contribution in [0.25, 0.3) is 0 Å². The molecule has 0 aliphatic carbocycles. The molecule has 2 rings (SSSR count). The summed E-state index contributed by atoms with van der Waals surface area (Å²) in [5, 5.41) is 0. The summed E-state index contributed by atoms with van der Waals surface area (Å²) < 4.78 is 5.76. The number of rotatable bonds is 7. The quantitative estimate of drug-likeness (QED) is 0.577. The van der Waals surface area contributed by atoms with Gasteiger partial charge < -0.3 is 4.74 Å². The Morgan fingerprint density at radius 3 is 2.67 bits per heavy atom. The largest absolute Gasteiger partial charge is 0.490 e. The first-order chi connectivity index (χ1) is 10.2. The molecule has 0 aliphatic heterocycles. The van der Waals surface area contributed by atoms with Crippen molar-refractivity contribution in [3.8, 4) is 5.75 Å². The van der Waals surface area contributed by atoms with Crippen LogP contribution in [-0.4, -0.2) is 21.6 Å². The maximum absolute atomic E-state index is 5.94. The van der Waals surface area contributed by atoms with E-state index in [4.69, 9.17) is 16.3 Å². The van der Waals surface area contributed by atoms with E-state index in [0.29, 0.717) is 18.2 Å². The molecule has 2 aromatic heterocycles. The number of hydrogen-bond acceptors (Lipinski definition) is 4. The molecule has 0 amide bonds. The molecule has 4 nitrogen and oxygen atoms in total. The van der Waals surface area contributed by atoms with Crippen molar-refractivity contribution in [2.45, 2.75) is 38.5 Å². The molecule has 0 bridgehead atoms. The van der Waals surface area contributed by atoms with Crippen LogP contribution < -0.4 is 4.74 Å². The van der Waals surface area contributed by atoms with E-state index >= 15 is 0 Å². The van der Waals surface area contributed by atoms with Crippen molar-refractivity contribution in [1.29, 1.82) is 0 Å². The van der Waals surface area contributed by atoms with Crippen LogP contribution in [0.15, 0.2) is 30.7 Å². The highest BCUT2D eigenvalue weighted by molar-refractivity contribution is 6.17. The van der Waals surface area contributed by atoms with E-state index in [1.54, 1.807) is 18.6 Å². The topological polar surface area (TPSA) is 47.9 Å². The van der Waals surface area contributed by atoms with Gasteiger partial charge in [0.05, 0.1) is 18.7 Å². The molecule has 21 heavy (non-hydrogen) atoms. The van der Waals surface area contributed by atoms with Gasteiger partial charge in [-0.2, -0.15) is 0 Å². The summed E-state index contributed by atoms with van der Waals surface area (Å²) in [6.45, 7) is 4.74. The highest BCUT2D eigenvalue weighted by atomic mass is 35.5. The number of pyridine rings is 1. The Kier molecular flexibility index (Phi) is 5.93. The lowest BCUT2D eigenvalue weighted by atomic mass is 10.1. The third-order valence-corrected chi connectivity index (χ3v) is 3.36. The Balaban J connectivity index is 1.88. The predicted molar refractivity (Wildman–Crippen MR) is 83.7 cm³/mol. The molecule has 0 radical (unpaired) electrons. The monoisotopic (exact) mass is 305 g/mol. The van der Waals surface area contributed by atoms with E-state index in [0.717, 1.165) is 24.4 Å². The standard InChI is InChI=1S/C16H20ClN3O/c1-12(2)16-19-11-15(14(10-17)20-16)21-9-3-4-13-5-7-18-8-6-13/h5-8,11-12H,3-4,9-10H2,1-2H3. The SMILES string of the molecule is CC(C)c1ncc(OCCCc2ccncc2)c(CCl)n1. The van der Waals surface area contributed by atoms with Crippen LogP contribution in [0.4, 0.5) is 0 Å². The van der Waals surface area contributed by atoms with Gasteiger partial charge in [-0.3, -0.25) is 4.98 Å². The molecular weight excluding hydrogens is 286 g/mol. The molecule has 0 spiro atoms. The van der Waals surface area contributed by atoms with Gasteiger partial charge in [-0.15, -0.1) is 11.6 Å². The highest BCUT2D eigenvalue weighted by Gasteiger charge is 2.10. The van der Waals surface area contributed by atoms with E-state index in [1.807, 2.05) is 12.1 Å². The van der Waals surface area contributed by atoms with Crippen molar-refractivity contribution in [3.05, 3.63) is 47.8 Å².